The molecule has 2 aromatic rings. The van der Waals surface area contributed by atoms with Crippen molar-refractivity contribution in [1.82, 2.24) is 0 Å². The van der Waals surface area contributed by atoms with Crippen molar-refractivity contribution >= 4 is 28.8 Å². The van der Waals surface area contributed by atoms with Gasteiger partial charge >= 0.3 is 0 Å². The molecule has 1 N–H and O–H groups in total. The summed E-state index contributed by atoms with van der Waals surface area (Å²) < 4.78 is 5.46. The van der Waals surface area contributed by atoms with Gasteiger partial charge in [0, 0.05) is 18.0 Å². The minimum Gasteiger partial charge on any atom is -0.378 e. The van der Waals surface area contributed by atoms with E-state index in [2.05, 4.69) is 52.7 Å². The third kappa shape index (κ3) is 2.05. The number of anilines is 3. The average molecular weight is 284 g/mol. The lowest BCUT2D eigenvalue weighted by Crippen LogP contribution is -2.36. The second kappa shape index (κ2) is 5.04. The first kappa shape index (κ1) is 12.1. The topological polar surface area (TPSA) is 24.5 Å². The predicted molar refractivity (Wildman–Crippen MR) is 83.3 cm³/mol. The molecule has 0 amide bonds. The largest absolute Gasteiger partial charge is 0.378 e. The summed E-state index contributed by atoms with van der Waals surface area (Å²) in [6.45, 7) is 3.58. The highest BCUT2D eigenvalue weighted by molar-refractivity contribution is 8.00. The summed E-state index contributed by atoms with van der Waals surface area (Å²) in [6, 6.07) is 15.0. The molecule has 0 bridgehead atoms. The van der Waals surface area contributed by atoms with E-state index in [1.165, 1.54) is 26.9 Å². The van der Waals surface area contributed by atoms with Crippen molar-refractivity contribution in [2.24, 2.45) is 0 Å². The standard InChI is InChI=1S/C16H16N2OS/c1-2-7-15-12(4-1)17-13-5-3-6-14(16(13)20-15)18-8-10-19-11-9-18/h1-7,17H,8-11H2. The Labute approximate surface area is 122 Å². The number of fused-ring (bicyclic) bond motifs is 2. The van der Waals surface area contributed by atoms with Gasteiger partial charge in [0.15, 0.2) is 0 Å². The van der Waals surface area contributed by atoms with Crippen molar-refractivity contribution in [3.63, 3.8) is 0 Å². The summed E-state index contributed by atoms with van der Waals surface area (Å²) in [7, 11) is 0. The molecule has 102 valence electrons. The fraction of sp³-hybridized carbons (Fsp3) is 0.250. The Bertz CT molecular complexity index is 638. The average Bonchev–Trinajstić information content (AvgIpc) is 2.53. The molecule has 0 aromatic heterocycles. The summed E-state index contributed by atoms with van der Waals surface area (Å²) >= 11 is 1.86. The maximum absolute atomic E-state index is 5.46. The van der Waals surface area contributed by atoms with Crippen LogP contribution in [0.3, 0.4) is 0 Å². The van der Waals surface area contributed by atoms with Crippen LogP contribution in [0.2, 0.25) is 0 Å². The predicted octanol–water partition coefficient (Wildman–Crippen LogP) is 3.73. The van der Waals surface area contributed by atoms with E-state index < -0.39 is 0 Å². The number of morpholine rings is 1. The molecule has 0 spiro atoms. The Morgan fingerprint density at radius 1 is 0.950 bits per heavy atom. The summed E-state index contributed by atoms with van der Waals surface area (Å²) in [4.78, 5) is 5.04. The Kier molecular flexibility index (Phi) is 3.05. The molecular weight excluding hydrogens is 268 g/mol. The van der Waals surface area contributed by atoms with Gasteiger partial charge in [0.1, 0.15) is 0 Å². The summed E-state index contributed by atoms with van der Waals surface area (Å²) in [6.07, 6.45) is 0. The monoisotopic (exact) mass is 284 g/mol. The molecule has 2 aliphatic heterocycles. The molecule has 1 saturated heterocycles. The lowest BCUT2D eigenvalue weighted by molar-refractivity contribution is 0.122. The van der Waals surface area contributed by atoms with E-state index in [0.29, 0.717) is 0 Å². The Morgan fingerprint density at radius 3 is 2.65 bits per heavy atom. The van der Waals surface area contributed by atoms with E-state index in [1.807, 2.05) is 11.8 Å². The molecule has 0 radical (unpaired) electrons. The SMILES string of the molecule is c1ccc2c(c1)Nc1cccc(N3CCOCC3)c1S2. The summed E-state index contributed by atoms with van der Waals surface area (Å²) in [5, 5.41) is 3.54. The molecule has 0 aliphatic carbocycles. The van der Waals surface area contributed by atoms with Crippen LogP contribution in [0.15, 0.2) is 52.3 Å². The van der Waals surface area contributed by atoms with Crippen LogP contribution in [0, 0.1) is 0 Å². The van der Waals surface area contributed by atoms with Gasteiger partial charge in [-0.2, -0.15) is 0 Å². The first-order chi connectivity index (χ1) is 9.92. The molecule has 0 unspecified atom stereocenters. The van der Waals surface area contributed by atoms with Crippen LogP contribution in [0.5, 0.6) is 0 Å². The van der Waals surface area contributed by atoms with Gasteiger partial charge in [-0.1, -0.05) is 30.0 Å². The number of ether oxygens (including phenoxy) is 1. The zero-order chi connectivity index (χ0) is 13.4. The molecule has 2 heterocycles. The number of nitrogens with one attached hydrogen (secondary N) is 1. The summed E-state index contributed by atoms with van der Waals surface area (Å²) in [5.74, 6) is 0. The van der Waals surface area contributed by atoms with Crippen LogP contribution in [0.4, 0.5) is 17.1 Å². The smallest absolute Gasteiger partial charge is 0.0642 e. The number of hydrogen-bond donors (Lipinski definition) is 1. The van der Waals surface area contributed by atoms with Gasteiger partial charge in [-0.05, 0) is 24.3 Å². The van der Waals surface area contributed by atoms with E-state index >= 15 is 0 Å². The minimum absolute atomic E-state index is 0.818. The van der Waals surface area contributed by atoms with Crippen LogP contribution in [-0.2, 0) is 4.74 Å². The fourth-order valence-electron chi connectivity index (χ4n) is 2.70. The minimum atomic E-state index is 0.818. The van der Waals surface area contributed by atoms with Crippen LogP contribution in [-0.4, -0.2) is 26.3 Å². The van der Waals surface area contributed by atoms with Crippen LogP contribution in [0.25, 0.3) is 0 Å². The van der Waals surface area contributed by atoms with E-state index in [-0.39, 0.29) is 0 Å². The molecule has 4 rings (SSSR count). The van der Waals surface area contributed by atoms with E-state index in [0.717, 1.165) is 26.3 Å². The normalized spacial score (nSPS) is 17.1. The number of nitrogens with zero attached hydrogens (tertiary/aromatic N) is 1. The van der Waals surface area contributed by atoms with Crippen molar-refractivity contribution in [3.05, 3.63) is 42.5 Å². The molecule has 2 aliphatic rings. The van der Waals surface area contributed by atoms with Crippen molar-refractivity contribution in [1.29, 1.82) is 0 Å². The lowest BCUT2D eigenvalue weighted by atomic mass is 10.2. The molecular formula is C16H16N2OS. The number of rotatable bonds is 1. The van der Waals surface area contributed by atoms with Gasteiger partial charge in [0.25, 0.3) is 0 Å². The maximum atomic E-state index is 5.46. The second-order valence-electron chi connectivity index (χ2n) is 4.98. The maximum Gasteiger partial charge on any atom is 0.0642 e. The van der Waals surface area contributed by atoms with Crippen molar-refractivity contribution in [2.75, 3.05) is 36.5 Å². The van der Waals surface area contributed by atoms with Crippen LogP contribution >= 0.6 is 11.8 Å². The van der Waals surface area contributed by atoms with E-state index in [1.54, 1.807) is 0 Å². The van der Waals surface area contributed by atoms with Crippen LogP contribution < -0.4 is 10.2 Å². The first-order valence-corrected chi connectivity index (χ1v) is 7.73. The molecule has 2 aromatic carbocycles. The van der Waals surface area contributed by atoms with Gasteiger partial charge in [0.05, 0.1) is 35.2 Å². The van der Waals surface area contributed by atoms with Gasteiger partial charge in [0.2, 0.25) is 0 Å². The van der Waals surface area contributed by atoms with Gasteiger partial charge in [-0.3, -0.25) is 0 Å². The Hall–Kier alpha value is -1.65. The first-order valence-electron chi connectivity index (χ1n) is 6.91. The third-order valence-electron chi connectivity index (χ3n) is 3.71. The number of para-hydroxylation sites is 1. The van der Waals surface area contributed by atoms with Gasteiger partial charge < -0.3 is 15.0 Å². The molecule has 4 heteroatoms. The quantitative estimate of drug-likeness (QED) is 0.736. The Balaban J connectivity index is 1.74. The lowest BCUT2D eigenvalue weighted by Gasteiger charge is -2.32. The third-order valence-corrected chi connectivity index (χ3v) is 4.92. The zero-order valence-corrected chi connectivity index (χ0v) is 12.0. The molecule has 20 heavy (non-hydrogen) atoms. The molecule has 0 atom stereocenters. The van der Waals surface area contributed by atoms with Crippen molar-refractivity contribution in [2.45, 2.75) is 9.79 Å². The van der Waals surface area contributed by atoms with E-state index in [9.17, 15) is 0 Å². The molecule has 1 fully saturated rings. The van der Waals surface area contributed by atoms with Gasteiger partial charge in [-0.25, -0.2) is 0 Å². The molecule has 3 nitrogen and oxygen atoms in total. The highest BCUT2D eigenvalue weighted by atomic mass is 32.2. The fourth-order valence-corrected chi connectivity index (χ4v) is 3.82. The van der Waals surface area contributed by atoms with Crippen LogP contribution in [0.1, 0.15) is 0 Å². The highest BCUT2D eigenvalue weighted by Gasteiger charge is 2.22. The number of benzene rings is 2. The second-order valence-corrected chi connectivity index (χ2v) is 6.03. The van der Waals surface area contributed by atoms with Gasteiger partial charge in [-0.15, -0.1) is 0 Å². The molecule has 0 saturated carbocycles. The van der Waals surface area contributed by atoms with E-state index in [4.69, 9.17) is 4.74 Å². The van der Waals surface area contributed by atoms with Crippen molar-refractivity contribution < 1.29 is 4.74 Å². The Morgan fingerprint density at radius 2 is 1.75 bits per heavy atom. The summed E-state index contributed by atoms with van der Waals surface area (Å²) in [5.41, 5.74) is 3.72. The zero-order valence-electron chi connectivity index (χ0n) is 11.1. The number of hydrogen-bond acceptors (Lipinski definition) is 4. The highest BCUT2D eigenvalue weighted by Crippen LogP contribution is 2.48. The van der Waals surface area contributed by atoms with Crippen molar-refractivity contribution in [3.8, 4) is 0 Å².